The van der Waals surface area contributed by atoms with Crippen LogP contribution in [0.2, 0.25) is 0 Å². The Labute approximate surface area is 99.4 Å². The third-order valence-electron chi connectivity index (χ3n) is 2.54. The lowest BCUT2D eigenvalue weighted by molar-refractivity contribution is -0.138. The predicted octanol–water partition coefficient (Wildman–Crippen LogP) is 4.02. The van der Waals surface area contributed by atoms with Gasteiger partial charge < -0.3 is 4.74 Å². The summed E-state index contributed by atoms with van der Waals surface area (Å²) in [5, 5.41) is 0. The van der Waals surface area contributed by atoms with Crippen molar-refractivity contribution in [3.8, 4) is 0 Å². The van der Waals surface area contributed by atoms with Crippen LogP contribution >= 0.6 is 0 Å². The van der Waals surface area contributed by atoms with E-state index in [9.17, 15) is 4.79 Å². The van der Waals surface area contributed by atoms with Crippen LogP contribution in [0.3, 0.4) is 0 Å². The molecule has 0 aromatic heterocycles. The predicted molar refractivity (Wildman–Crippen MR) is 68.3 cm³/mol. The van der Waals surface area contributed by atoms with Crippen LogP contribution in [0.5, 0.6) is 0 Å². The Morgan fingerprint density at radius 2 is 1.81 bits per heavy atom. The van der Waals surface area contributed by atoms with Crippen molar-refractivity contribution in [2.75, 3.05) is 6.61 Å². The molecular weight excluding hydrogens is 200 g/mol. The summed E-state index contributed by atoms with van der Waals surface area (Å²) in [5.41, 5.74) is 3.31. The molecule has 92 valence electrons. The van der Waals surface area contributed by atoms with Gasteiger partial charge in [0.25, 0.3) is 0 Å². The van der Waals surface area contributed by atoms with Gasteiger partial charge in [0.15, 0.2) is 0 Å². The first-order chi connectivity index (χ1) is 7.52. The van der Waals surface area contributed by atoms with Crippen molar-refractivity contribution in [1.29, 1.82) is 0 Å². The second-order valence-electron chi connectivity index (χ2n) is 4.12. The van der Waals surface area contributed by atoms with E-state index in [-0.39, 0.29) is 5.97 Å². The topological polar surface area (TPSA) is 26.3 Å². The number of esters is 1. The Balaban J connectivity index is 4.49. The molecule has 0 saturated heterocycles. The molecule has 0 unspecified atom stereocenters. The van der Waals surface area contributed by atoms with Gasteiger partial charge >= 0.3 is 5.97 Å². The molecular formula is C14H24O2. The van der Waals surface area contributed by atoms with E-state index in [1.54, 1.807) is 0 Å². The lowest BCUT2D eigenvalue weighted by atomic mass is 10.0. The van der Waals surface area contributed by atoms with Crippen LogP contribution in [0.25, 0.3) is 0 Å². The van der Waals surface area contributed by atoms with Gasteiger partial charge in [0.2, 0.25) is 0 Å². The number of carbonyl (C=O) groups is 1. The minimum Gasteiger partial charge on any atom is -0.463 e. The summed E-state index contributed by atoms with van der Waals surface area (Å²) in [6.45, 7) is 10.4. The van der Waals surface area contributed by atoms with Crippen molar-refractivity contribution in [3.63, 3.8) is 0 Å². The highest BCUT2D eigenvalue weighted by Crippen LogP contribution is 2.17. The molecule has 0 amide bonds. The fraction of sp³-hybridized carbons (Fsp3) is 0.643. The zero-order chi connectivity index (χ0) is 12.6. The monoisotopic (exact) mass is 224 g/mol. The lowest BCUT2D eigenvalue weighted by Gasteiger charge is -2.08. The molecule has 0 radical (unpaired) electrons. The number of rotatable bonds is 6. The van der Waals surface area contributed by atoms with E-state index < -0.39 is 0 Å². The highest BCUT2D eigenvalue weighted by Gasteiger charge is 2.09. The second kappa shape index (κ2) is 8.14. The maximum absolute atomic E-state index is 11.5. The number of allylic oxidation sites excluding steroid dienone is 3. The van der Waals surface area contributed by atoms with Gasteiger partial charge in [-0.05, 0) is 47.0 Å². The SMILES string of the molecule is CCOC(=O)C(C)=C(CC)CCC=C(C)C. The summed E-state index contributed by atoms with van der Waals surface area (Å²) >= 11 is 0. The molecule has 0 aliphatic heterocycles. The molecule has 0 saturated carbocycles. The van der Waals surface area contributed by atoms with Crippen LogP contribution in [0.4, 0.5) is 0 Å². The van der Waals surface area contributed by atoms with Crippen molar-refractivity contribution < 1.29 is 9.53 Å². The molecule has 16 heavy (non-hydrogen) atoms. The fourth-order valence-electron chi connectivity index (χ4n) is 1.55. The maximum atomic E-state index is 11.5. The van der Waals surface area contributed by atoms with E-state index in [0.29, 0.717) is 6.61 Å². The van der Waals surface area contributed by atoms with Crippen molar-refractivity contribution in [2.45, 2.75) is 53.9 Å². The first-order valence-corrected chi connectivity index (χ1v) is 6.02. The number of hydrogen-bond acceptors (Lipinski definition) is 2. The van der Waals surface area contributed by atoms with Gasteiger partial charge in [-0.2, -0.15) is 0 Å². The minimum atomic E-state index is -0.170. The summed E-state index contributed by atoms with van der Waals surface area (Å²) in [4.78, 5) is 11.5. The van der Waals surface area contributed by atoms with Crippen LogP contribution in [0.1, 0.15) is 53.9 Å². The Morgan fingerprint density at radius 1 is 1.19 bits per heavy atom. The summed E-state index contributed by atoms with van der Waals surface area (Å²) in [7, 11) is 0. The largest absolute Gasteiger partial charge is 0.463 e. The summed E-state index contributed by atoms with van der Waals surface area (Å²) in [6, 6.07) is 0. The van der Waals surface area contributed by atoms with E-state index in [1.807, 2.05) is 13.8 Å². The average Bonchev–Trinajstić information content (AvgIpc) is 2.23. The van der Waals surface area contributed by atoms with Crippen molar-refractivity contribution in [2.24, 2.45) is 0 Å². The molecule has 0 aliphatic rings. The molecule has 0 atom stereocenters. The lowest BCUT2D eigenvalue weighted by Crippen LogP contribution is -2.07. The van der Waals surface area contributed by atoms with E-state index in [4.69, 9.17) is 4.74 Å². The Kier molecular flexibility index (Phi) is 7.61. The van der Waals surface area contributed by atoms with Crippen molar-refractivity contribution in [3.05, 3.63) is 22.8 Å². The minimum absolute atomic E-state index is 0.170. The van der Waals surface area contributed by atoms with Gasteiger partial charge in [-0.1, -0.05) is 24.1 Å². The zero-order valence-corrected chi connectivity index (χ0v) is 11.2. The highest BCUT2D eigenvalue weighted by atomic mass is 16.5. The van der Waals surface area contributed by atoms with Gasteiger partial charge in [-0.15, -0.1) is 0 Å². The van der Waals surface area contributed by atoms with Gasteiger partial charge in [-0.3, -0.25) is 0 Å². The highest BCUT2D eigenvalue weighted by molar-refractivity contribution is 5.88. The maximum Gasteiger partial charge on any atom is 0.333 e. The van der Waals surface area contributed by atoms with Crippen molar-refractivity contribution in [1.82, 2.24) is 0 Å². The molecule has 2 heteroatoms. The third kappa shape index (κ3) is 5.74. The molecule has 0 bridgehead atoms. The van der Waals surface area contributed by atoms with E-state index in [1.165, 1.54) is 11.1 Å². The summed E-state index contributed by atoms with van der Waals surface area (Å²) in [6.07, 6.45) is 5.07. The molecule has 0 fully saturated rings. The first-order valence-electron chi connectivity index (χ1n) is 6.02. The average molecular weight is 224 g/mol. The normalized spacial score (nSPS) is 11.8. The quantitative estimate of drug-likeness (QED) is 0.387. The van der Waals surface area contributed by atoms with Crippen LogP contribution in [-0.2, 0) is 9.53 Å². The molecule has 0 spiro atoms. The van der Waals surface area contributed by atoms with Gasteiger partial charge in [-0.25, -0.2) is 4.79 Å². The van der Waals surface area contributed by atoms with Crippen molar-refractivity contribution >= 4 is 5.97 Å². The fourth-order valence-corrected chi connectivity index (χ4v) is 1.55. The summed E-state index contributed by atoms with van der Waals surface area (Å²) < 4.78 is 5.00. The Bertz CT molecular complexity index is 281. The standard InChI is InChI=1S/C14H24O2/c1-6-13(10-8-9-11(3)4)12(5)14(15)16-7-2/h9H,6-8,10H2,1-5H3. The zero-order valence-electron chi connectivity index (χ0n) is 11.2. The van der Waals surface area contributed by atoms with Gasteiger partial charge in [0, 0.05) is 5.57 Å². The van der Waals surface area contributed by atoms with Gasteiger partial charge in [0.05, 0.1) is 6.61 Å². The number of carbonyl (C=O) groups excluding carboxylic acids is 1. The first kappa shape index (κ1) is 14.9. The van der Waals surface area contributed by atoms with Crippen LogP contribution in [-0.4, -0.2) is 12.6 Å². The van der Waals surface area contributed by atoms with E-state index in [2.05, 4.69) is 26.8 Å². The molecule has 0 rings (SSSR count). The van der Waals surface area contributed by atoms with Crippen LogP contribution in [0.15, 0.2) is 22.8 Å². The van der Waals surface area contributed by atoms with Crippen LogP contribution < -0.4 is 0 Å². The second-order valence-corrected chi connectivity index (χ2v) is 4.12. The van der Waals surface area contributed by atoms with E-state index >= 15 is 0 Å². The number of hydrogen-bond donors (Lipinski definition) is 0. The molecule has 0 aliphatic carbocycles. The number of ether oxygens (including phenoxy) is 1. The smallest absolute Gasteiger partial charge is 0.333 e. The Hall–Kier alpha value is -1.05. The molecule has 0 aromatic carbocycles. The molecule has 0 aromatic rings. The van der Waals surface area contributed by atoms with Crippen LogP contribution in [0, 0.1) is 0 Å². The molecule has 0 heterocycles. The summed E-state index contributed by atoms with van der Waals surface area (Å²) in [5.74, 6) is -0.170. The van der Waals surface area contributed by atoms with Gasteiger partial charge in [0.1, 0.15) is 0 Å². The molecule has 0 N–H and O–H groups in total. The molecule has 2 nitrogen and oxygen atoms in total. The van der Waals surface area contributed by atoms with E-state index in [0.717, 1.165) is 24.8 Å². The Morgan fingerprint density at radius 3 is 2.25 bits per heavy atom. The third-order valence-corrected chi connectivity index (χ3v) is 2.54.